The fraction of sp³-hybridized carbons (Fsp3) is 0.909. The van der Waals surface area contributed by atoms with Crippen molar-refractivity contribution in [1.29, 1.82) is 0 Å². The van der Waals surface area contributed by atoms with Crippen LogP contribution in [0.25, 0.3) is 0 Å². The maximum Gasteiger partial charge on any atom is 0.362 e. The number of hydrogen-bond donors (Lipinski definition) is 1. The van der Waals surface area contributed by atoms with Gasteiger partial charge in [-0.05, 0) is 38.5 Å². The SMILES string of the molecule is CCCCCCCC/C=C/CCCCCCCCCC(=O)OCC(COCCC(C(=O)O)[N+](C)(C)C)OC(=O)CCCCCCCCCCCCCCCCCCCCCCCC. The van der Waals surface area contributed by atoms with E-state index in [0.717, 1.165) is 38.5 Å². The highest BCUT2D eigenvalue weighted by atomic mass is 16.6. The molecule has 0 aromatic heterocycles. The lowest BCUT2D eigenvalue weighted by Crippen LogP contribution is -2.50. The van der Waals surface area contributed by atoms with E-state index in [1.807, 2.05) is 21.1 Å². The van der Waals surface area contributed by atoms with Crippen LogP contribution >= 0.6 is 0 Å². The van der Waals surface area contributed by atoms with Gasteiger partial charge in [0.15, 0.2) is 12.1 Å². The van der Waals surface area contributed by atoms with Crippen LogP contribution in [0.4, 0.5) is 0 Å². The average Bonchev–Trinajstić information content (AvgIpc) is 3.24. The summed E-state index contributed by atoms with van der Waals surface area (Å²) in [5.74, 6) is -1.45. The fourth-order valence-corrected chi connectivity index (χ4v) is 8.44. The summed E-state index contributed by atoms with van der Waals surface area (Å²) >= 11 is 0. The van der Waals surface area contributed by atoms with Crippen LogP contribution in [-0.2, 0) is 28.6 Å². The van der Waals surface area contributed by atoms with Crippen molar-refractivity contribution in [3.8, 4) is 0 Å². The second-order valence-electron chi connectivity index (χ2n) is 19.8. The van der Waals surface area contributed by atoms with Gasteiger partial charge in [0.1, 0.15) is 6.61 Å². The zero-order valence-electron chi connectivity index (χ0n) is 42.6. The molecule has 8 nitrogen and oxygen atoms in total. The highest BCUT2D eigenvalue weighted by Gasteiger charge is 2.31. The van der Waals surface area contributed by atoms with Crippen LogP contribution in [0.2, 0.25) is 0 Å². The number of esters is 2. The second kappa shape index (κ2) is 46.6. The Kier molecular flexibility index (Phi) is 45.2. The number of carboxylic acids is 1. The van der Waals surface area contributed by atoms with Crippen molar-refractivity contribution < 1.29 is 38.2 Å². The van der Waals surface area contributed by atoms with Crippen molar-refractivity contribution >= 4 is 17.9 Å². The maximum absolute atomic E-state index is 12.8. The maximum atomic E-state index is 12.8. The highest BCUT2D eigenvalue weighted by Crippen LogP contribution is 2.17. The molecule has 0 rings (SSSR count). The van der Waals surface area contributed by atoms with E-state index in [-0.39, 0.29) is 36.2 Å². The van der Waals surface area contributed by atoms with Crippen LogP contribution in [-0.4, -0.2) is 80.6 Å². The molecular formula is C55H106NO7+. The molecule has 2 atom stereocenters. The Balaban J connectivity index is 4.16. The van der Waals surface area contributed by atoms with Gasteiger partial charge in [-0.25, -0.2) is 4.79 Å². The van der Waals surface area contributed by atoms with E-state index in [1.165, 1.54) is 199 Å². The van der Waals surface area contributed by atoms with E-state index in [9.17, 15) is 19.5 Å². The van der Waals surface area contributed by atoms with Crippen LogP contribution in [0.1, 0.15) is 271 Å². The number of rotatable bonds is 50. The van der Waals surface area contributed by atoms with Gasteiger partial charge in [-0.15, -0.1) is 0 Å². The minimum atomic E-state index is -0.870. The molecule has 0 aromatic rings. The molecule has 0 radical (unpaired) electrons. The molecule has 2 unspecified atom stereocenters. The molecule has 1 N–H and O–H groups in total. The number of quaternary nitrogens is 1. The zero-order valence-corrected chi connectivity index (χ0v) is 42.6. The first-order valence-electron chi connectivity index (χ1n) is 27.2. The molecule has 0 bridgehead atoms. The molecule has 0 aromatic carbocycles. The molecule has 0 aliphatic heterocycles. The van der Waals surface area contributed by atoms with Gasteiger partial charge in [0.25, 0.3) is 0 Å². The summed E-state index contributed by atoms with van der Waals surface area (Å²) in [6, 6.07) is -0.612. The fourth-order valence-electron chi connectivity index (χ4n) is 8.44. The van der Waals surface area contributed by atoms with Crippen LogP contribution in [0, 0.1) is 0 Å². The van der Waals surface area contributed by atoms with Crippen molar-refractivity contribution in [1.82, 2.24) is 0 Å². The largest absolute Gasteiger partial charge is 0.477 e. The topological polar surface area (TPSA) is 99.1 Å². The molecule has 63 heavy (non-hydrogen) atoms. The lowest BCUT2D eigenvalue weighted by molar-refractivity contribution is -0.887. The smallest absolute Gasteiger partial charge is 0.362 e. The zero-order chi connectivity index (χ0) is 46.3. The van der Waals surface area contributed by atoms with Crippen molar-refractivity contribution in [2.45, 2.75) is 283 Å². The van der Waals surface area contributed by atoms with Gasteiger partial charge >= 0.3 is 17.9 Å². The number of aliphatic carboxylic acids is 1. The molecule has 0 saturated heterocycles. The molecule has 0 spiro atoms. The van der Waals surface area contributed by atoms with Crippen LogP contribution in [0.15, 0.2) is 12.2 Å². The third-order valence-corrected chi connectivity index (χ3v) is 12.7. The normalized spacial score (nSPS) is 12.8. The molecule has 372 valence electrons. The number of allylic oxidation sites excluding steroid dienone is 2. The first-order chi connectivity index (χ1) is 30.6. The number of nitrogens with zero attached hydrogens (tertiary/aromatic N) is 1. The molecule has 0 heterocycles. The Labute approximate surface area is 390 Å². The van der Waals surface area contributed by atoms with E-state index in [0.29, 0.717) is 19.3 Å². The average molecular weight is 893 g/mol. The Morgan fingerprint density at radius 1 is 0.460 bits per heavy atom. The van der Waals surface area contributed by atoms with E-state index >= 15 is 0 Å². The third-order valence-electron chi connectivity index (χ3n) is 12.7. The third kappa shape index (κ3) is 45.0. The number of ether oxygens (including phenoxy) is 3. The number of unbranched alkanes of at least 4 members (excludes halogenated alkanes) is 34. The number of likely N-dealkylation sites (N-methyl/N-ethyl adjacent to an activating group) is 1. The predicted octanol–water partition coefficient (Wildman–Crippen LogP) is 15.8. The van der Waals surface area contributed by atoms with Crippen LogP contribution in [0.3, 0.4) is 0 Å². The van der Waals surface area contributed by atoms with E-state index in [1.54, 1.807) is 0 Å². The Hall–Kier alpha value is -1.93. The summed E-state index contributed by atoms with van der Waals surface area (Å²) in [5.41, 5.74) is 0. The molecule has 0 aliphatic carbocycles. The molecule has 0 aliphatic rings. The molecule has 0 amide bonds. The summed E-state index contributed by atoms with van der Waals surface area (Å²) < 4.78 is 17.4. The minimum Gasteiger partial charge on any atom is -0.477 e. The minimum absolute atomic E-state index is 0.0466. The standard InChI is InChI=1S/C55H105NO7/c1-6-8-10-12-14-16-18-20-22-24-25-26-27-28-30-32-34-36-38-40-42-44-46-54(58)63-51(49-61-48-47-52(55(59)60)56(3,4)5)50-62-53(57)45-43-41-39-37-35-33-31-29-23-21-19-17-15-13-11-9-7-2/h21,23,51-52H,6-20,22,24-50H2,1-5H3/p+1/b23-21+. The number of carbonyl (C=O) groups excluding carboxylic acids is 2. The highest BCUT2D eigenvalue weighted by molar-refractivity contribution is 5.72. The van der Waals surface area contributed by atoms with Gasteiger partial charge in [0.05, 0.1) is 34.4 Å². The van der Waals surface area contributed by atoms with Crippen LogP contribution in [0.5, 0.6) is 0 Å². The van der Waals surface area contributed by atoms with Crippen molar-refractivity contribution in [2.24, 2.45) is 0 Å². The second-order valence-corrected chi connectivity index (χ2v) is 19.8. The van der Waals surface area contributed by atoms with Crippen molar-refractivity contribution in [3.05, 3.63) is 12.2 Å². The number of carboxylic acid groups (broad SMARTS) is 1. The lowest BCUT2D eigenvalue weighted by atomic mass is 10.0. The van der Waals surface area contributed by atoms with E-state index in [2.05, 4.69) is 26.0 Å². The van der Waals surface area contributed by atoms with Crippen molar-refractivity contribution in [2.75, 3.05) is 41.0 Å². The van der Waals surface area contributed by atoms with Gasteiger partial charge in [-0.1, -0.05) is 225 Å². The summed E-state index contributed by atoms with van der Waals surface area (Å²) in [6.45, 7) is 4.78. The Morgan fingerprint density at radius 3 is 1.14 bits per heavy atom. The predicted molar refractivity (Wildman–Crippen MR) is 266 cm³/mol. The molecule has 8 heteroatoms. The van der Waals surface area contributed by atoms with Crippen LogP contribution < -0.4 is 0 Å². The van der Waals surface area contributed by atoms with Gasteiger partial charge in [-0.3, -0.25) is 9.59 Å². The summed E-state index contributed by atoms with van der Waals surface area (Å²) in [6.07, 6.45) is 52.6. The Bertz CT molecular complexity index is 1040. The molecular weight excluding hydrogens is 787 g/mol. The first-order valence-corrected chi connectivity index (χ1v) is 27.2. The first kappa shape index (κ1) is 61.1. The monoisotopic (exact) mass is 893 g/mol. The Morgan fingerprint density at radius 2 is 0.794 bits per heavy atom. The van der Waals surface area contributed by atoms with Crippen molar-refractivity contribution in [3.63, 3.8) is 0 Å². The van der Waals surface area contributed by atoms with E-state index in [4.69, 9.17) is 14.2 Å². The number of carbonyl (C=O) groups is 3. The summed E-state index contributed by atoms with van der Waals surface area (Å²) in [5, 5.41) is 9.66. The quantitative estimate of drug-likeness (QED) is 0.0281. The van der Waals surface area contributed by atoms with Gasteiger partial charge < -0.3 is 23.8 Å². The summed E-state index contributed by atoms with van der Waals surface area (Å²) in [7, 11) is 5.55. The van der Waals surface area contributed by atoms with Gasteiger partial charge in [0, 0.05) is 19.3 Å². The molecule has 0 fully saturated rings. The van der Waals surface area contributed by atoms with Gasteiger partial charge in [0.2, 0.25) is 0 Å². The molecule has 0 saturated carbocycles. The lowest BCUT2D eigenvalue weighted by Gasteiger charge is -2.31. The van der Waals surface area contributed by atoms with E-state index < -0.39 is 18.1 Å². The summed E-state index contributed by atoms with van der Waals surface area (Å²) in [4.78, 5) is 37.2. The number of hydrogen-bond acceptors (Lipinski definition) is 6. The van der Waals surface area contributed by atoms with Gasteiger partial charge in [-0.2, -0.15) is 0 Å².